The highest BCUT2D eigenvalue weighted by atomic mass is 19.1. The molecule has 0 amide bonds. The third kappa shape index (κ3) is 5.64. The van der Waals surface area contributed by atoms with Gasteiger partial charge in [0.15, 0.2) is 5.75 Å². The van der Waals surface area contributed by atoms with E-state index in [1.54, 1.807) is 12.1 Å². The van der Waals surface area contributed by atoms with Crippen molar-refractivity contribution in [3.05, 3.63) is 58.9 Å². The van der Waals surface area contributed by atoms with Gasteiger partial charge in [-0.1, -0.05) is 37.5 Å². The Morgan fingerprint density at radius 1 is 1.30 bits per heavy atom. The van der Waals surface area contributed by atoms with E-state index in [1.807, 2.05) is 13.8 Å². The van der Waals surface area contributed by atoms with Crippen LogP contribution in [0.2, 0.25) is 0 Å². The van der Waals surface area contributed by atoms with Crippen molar-refractivity contribution in [2.45, 2.75) is 26.4 Å². The average molecular weight is 373 g/mol. The second kappa shape index (κ2) is 10.4. The second-order valence-electron chi connectivity index (χ2n) is 5.51. The molecule has 0 bridgehead atoms. The van der Waals surface area contributed by atoms with Crippen LogP contribution >= 0.6 is 0 Å². The first kappa shape index (κ1) is 22.3. The number of aldehydes is 1. The van der Waals surface area contributed by atoms with Gasteiger partial charge in [-0.25, -0.2) is 9.65 Å². The lowest BCUT2D eigenvalue weighted by atomic mass is 9.92. The van der Waals surface area contributed by atoms with Crippen LogP contribution in [0.5, 0.6) is 5.75 Å². The Morgan fingerprint density at radius 3 is 2.52 bits per heavy atom. The molecule has 1 unspecified atom stereocenters. The van der Waals surface area contributed by atoms with Crippen molar-refractivity contribution in [1.82, 2.24) is 4.90 Å². The van der Waals surface area contributed by atoms with Gasteiger partial charge in [0.05, 0.1) is 0 Å². The highest BCUT2D eigenvalue weighted by molar-refractivity contribution is 6.32. The van der Waals surface area contributed by atoms with Crippen LogP contribution < -0.4 is 10.4 Å². The molecule has 0 aliphatic heterocycles. The van der Waals surface area contributed by atoms with E-state index in [2.05, 4.69) is 4.89 Å². The SMILES string of the molecule is CC.[B]c1ccc(CN(C)C(C(=O)O)c2cc(F)ccc2OO)c(C=O)c1. The Morgan fingerprint density at radius 2 is 1.96 bits per heavy atom. The minimum Gasteiger partial charge on any atom is -0.480 e. The summed E-state index contributed by atoms with van der Waals surface area (Å²) < 4.78 is 13.6. The number of carbonyl (C=O) groups is 2. The maximum Gasteiger partial charge on any atom is 0.325 e. The van der Waals surface area contributed by atoms with Gasteiger partial charge in [0, 0.05) is 17.7 Å². The van der Waals surface area contributed by atoms with E-state index in [0.717, 1.165) is 18.2 Å². The fourth-order valence-electron chi connectivity index (χ4n) is 2.60. The molecule has 6 nitrogen and oxygen atoms in total. The number of carboxylic acids is 1. The zero-order valence-corrected chi connectivity index (χ0v) is 15.3. The van der Waals surface area contributed by atoms with Crippen LogP contribution in [0.25, 0.3) is 0 Å². The largest absolute Gasteiger partial charge is 0.480 e. The molecule has 2 radical (unpaired) electrons. The van der Waals surface area contributed by atoms with E-state index in [1.165, 1.54) is 18.0 Å². The van der Waals surface area contributed by atoms with Crippen molar-refractivity contribution in [2.24, 2.45) is 0 Å². The minimum atomic E-state index is -1.31. The number of carbonyl (C=O) groups excluding carboxylic acids is 1. The van der Waals surface area contributed by atoms with Gasteiger partial charge in [-0.2, -0.15) is 0 Å². The molecular weight excluding hydrogens is 352 g/mol. The Labute approximate surface area is 158 Å². The predicted octanol–water partition coefficient (Wildman–Crippen LogP) is 2.57. The summed E-state index contributed by atoms with van der Waals surface area (Å²) in [7, 11) is 7.13. The van der Waals surface area contributed by atoms with Gasteiger partial charge in [-0.3, -0.25) is 14.5 Å². The monoisotopic (exact) mass is 373 g/mol. The first-order valence-corrected chi connectivity index (χ1v) is 8.25. The van der Waals surface area contributed by atoms with Gasteiger partial charge in [0.1, 0.15) is 26.0 Å². The van der Waals surface area contributed by atoms with E-state index in [9.17, 15) is 19.1 Å². The number of carboxylic acid groups (broad SMARTS) is 1. The lowest BCUT2D eigenvalue weighted by Gasteiger charge is -2.26. The fourth-order valence-corrected chi connectivity index (χ4v) is 2.60. The molecular formula is C19H21BFNO5. The molecule has 2 N–H and O–H groups in total. The number of halogens is 1. The third-order valence-corrected chi connectivity index (χ3v) is 3.76. The third-order valence-electron chi connectivity index (χ3n) is 3.76. The molecule has 2 aromatic rings. The summed E-state index contributed by atoms with van der Waals surface area (Å²) in [6.07, 6.45) is 0.625. The maximum atomic E-state index is 13.6. The van der Waals surface area contributed by atoms with Crippen LogP contribution in [-0.2, 0) is 11.3 Å². The first-order valence-electron chi connectivity index (χ1n) is 8.25. The van der Waals surface area contributed by atoms with Gasteiger partial charge >= 0.3 is 5.97 Å². The second-order valence-corrected chi connectivity index (χ2v) is 5.51. The van der Waals surface area contributed by atoms with Gasteiger partial charge in [0.25, 0.3) is 0 Å². The number of rotatable bonds is 7. The van der Waals surface area contributed by atoms with Crippen LogP contribution in [0.1, 0.15) is 41.4 Å². The number of likely N-dealkylation sites (N-methyl/N-ethyl adjacent to an activating group) is 1. The Hall–Kier alpha value is -2.71. The van der Waals surface area contributed by atoms with E-state index in [0.29, 0.717) is 22.9 Å². The lowest BCUT2D eigenvalue weighted by molar-refractivity contribution is -0.146. The Balaban J connectivity index is 0.00000176. The molecule has 0 saturated carbocycles. The number of nitrogens with zero attached hydrogens (tertiary/aromatic N) is 1. The summed E-state index contributed by atoms with van der Waals surface area (Å²) in [5, 5.41) is 18.5. The van der Waals surface area contributed by atoms with E-state index >= 15 is 0 Å². The van der Waals surface area contributed by atoms with Gasteiger partial charge in [0.2, 0.25) is 0 Å². The topological polar surface area (TPSA) is 87.1 Å². The van der Waals surface area contributed by atoms with Crippen LogP contribution in [-0.4, -0.2) is 42.4 Å². The number of benzene rings is 2. The molecule has 2 rings (SSSR count). The normalized spacial score (nSPS) is 11.3. The summed E-state index contributed by atoms with van der Waals surface area (Å²) in [6, 6.07) is 6.53. The summed E-state index contributed by atoms with van der Waals surface area (Å²) in [5.74, 6) is -2.11. The van der Waals surface area contributed by atoms with Gasteiger partial charge in [-0.05, 0) is 30.8 Å². The zero-order chi connectivity index (χ0) is 20.6. The molecule has 0 spiro atoms. The van der Waals surface area contributed by atoms with Crippen molar-refractivity contribution in [3.8, 4) is 5.75 Å². The average Bonchev–Trinajstić information content (AvgIpc) is 2.65. The maximum absolute atomic E-state index is 13.6. The van der Waals surface area contributed by atoms with Crippen LogP contribution in [0.15, 0.2) is 36.4 Å². The Kier molecular flexibility index (Phi) is 8.64. The minimum absolute atomic E-state index is 0.0550. The van der Waals surface area contributed by atoms with Crippen molar-refractivity contribution >= 4 is 25.6 Å². The van der Waals surface area contributed by atoms with E-state index in [-0.39, 0.29) is 17.9 Å². The Bertz CT molecular complexity index is 800. The standard InChI is InChI=1S/C17H15BFNO5.C2H6/c1-20(8-10-2-3-12(18)6-11(10)9-21)16(17(22)23)14-7-13(19)4-5-15(14)25-24;1-2/h2-7,9,16,24H,8H2,1H3,(H,22,23);1-2H3. The molecule has 0 heterocycles. The summed E-state index contributed by atoms with van der Waals surface area (Å²) in [6.45, 7) is 4.08. The molecule has 0 saturated heterocycles. The van der Waals surface area contributed by atoms with Crippen LogP contribution in [0.4, 0.5) is 4.39 Å². The molecule has 142 valence electrons. The summed E-state index contributed by atoms with van der Waals surface area (Å²) in [4.78, 5) is 28.5. The number of hydrogen-bond acceptors (Lipinski definition) is 5. The zero-order valence-electron chi connectivity index (χ0n) is 15.3. The van der Waals surface area contributed by atoms with Crippen molar-refractivity contribution in [2.75, 3.05) is 7.05 Å². The van der Waals surface area contributed by atoms with Crippen LogP contribution in [0.3, 0.4) is 0 Å². The fraction of sp³-hybridized carbons (Fsp3) is 0.263. The predicted molar refractivity (Wildman–Crippen MR) is 100 cm³/mol. The number of aliphatic carboxylic acids is 1. The molecule has 0 aromatic heterocycles. The molecule has 0 aliphatic carbocycles. The molecule has 0 fully saturated rings. The van der Waals surface area contributed by atoms with E-state index in [4.69, 9.17) is 13.1 Å². The van der Waals surface area contributed by atoms with E-state index < -0.39 is 17.8 Å². The molecule has 2 aromatic carbocycles. The molecule has 1 atom stereocenters. The van der Waals surface area contributed by atoms with Crippen molar-refractivity contribution in [3.63, 3.8) is 0 Å². The quantitative estimate of drug-likeness (QED) is 0.336. The van der Waals surface area contributed by atoms with Crippen molar-refractivity contribution in [1.29, 1.82) is 0 Å². The lowest BCUT2D eigenvalue weighted by Crippen LogP contribution is -2.31. The smallest absolute Gasteiger partial charge is 0.325 e. The molecule has 0 aliphatic rings. The molecule has 27 heavy (non-hydrogen) atoms. The van der Waals surface area contributed by atoms with Crippen molar-refractivity contribution < 1.29 is 29.2 Å². The van der Waals surface area contributed by atoms with Crippen LogP contribution in [0, 0.1) is 5.82 Å². The summed E-state index contributed by atoms with van der Waals surface area (Å²) in [5.41, 5.74) is 1.24. The van der Waals surface area contributed by atoms with Gasteiger partial charge in [-0.15, -0.1) is 0 Å². The first-order chi connectivity index (χ1) is 12.9. The summed E-state index contributed by atoms with van der Waals surface area (Å²) >= 11 is 0. The molecule has 8 heteroatoms. The highest BCUT2D eigenvalue weighted by Crippen LogP contribution is 2.31. The highest BCUT2D eigenvalue weighted by Gasteiger charge is 2.29. The number of hydrogen-bond donors (Lipinski definition) is 2. The van der Waals surface area contributed by atoms with Gasteiger partial charge < -0.3 is 9.99 Å².